The number of halogens is 3. The summed E-state index contributed by atoms with van der Waals surface area (Å²) in [5, 5.41) is 10.7. The molecule has 1 N–H and O–H groups in total. The summed E-state index contributed by atoms with van der Waals surface area (Å²) in [6.45, 7) is 1.64. The molecule has 0 bridgehead atoms. The first-order chi connectivity index (χ1) is 17.2. The standard InChI is InChI=1S/C26H18F3NO5S/c1-2-34-25(33)21-22(31)20(36-24(21)30-23(32)15-7-4-3-5-8-15)14-18-11-12-19(35-18)16-9-6-10-17(13-16)26(27,28)29/h3-14,31H,2H2,1H3/b20-14-,30-24?. The van der Waals surface area contributed by atoms with Gasteiger partial charge in [0.15, 0.2) is 0 Å². The maximum Gasteiger partial charge on any atom is 0.416 e. The lowest BCUT2D eigenvalue weighted by Gasteiger charge is -2.07. The van der Waals surface area contributed by atoms with Gasteiger partial charge in [-0.1, -0.05) is 42.1 Å². The second-order valence-corrected chi connectivity index (χ2v) is 8.45. The number of carbonyl (C=O) groups excluding carboxylic acids is 2. The minimum atomic E-state index is -4.50. The van der Waals surface area contributed by atoms with Gasteiger partial charge in [0.05, 0.1) is 17.1 Å². The Balaban J connectivity index is 1.67. The highest BCUT2D eigenvalue weighted by molar-refractivity contribution is 8.18. The van der Waals surface area contributed by atoms with E-state index in [9.17, 15) is 27.9 Å². The lowest BCUT2D eigenvalue weighted by Crippen LogP contribution is -2.14. The molecular formula is C26H18F3NO5S. The minimum absolute atomic E-state index is 0.0395. The number of amides is 1. The Hall–Kier alpha value is -4.05. The van der Waals surface area contributed by atoms with Gasteiger partial charge in [0, 0.05) is 11.1 Å². The molecule has 1 aliphatic heterocycles. The molecule has 0 fully saturated rings. The van der Waals surface area contributed by atoms with Gasteiger partial charge in [0.25, 0.3) is 5.91 Å². The van der Waals surface area contributed by atoms with E-state index in [0.717, 1.165) is 23.9 Å². The Morgan fingerprint density at radius 1 is 1.08 bits per heavy atom. The zero-order valence-electron chi connectivity index (χ0n) is 18.7. The van der Waals surface area contributed by atoms with E-state index in [1.807, 2.05) is 0 Å². The van der Waals surface area contributed by atoms with Crippen molar-refractivity contribution in [2.75, 3.05) is 6.61 Å². The van der Waals surface area contributed by atoms with E-state index in [1.54, 1.807) is 37.3 Å². The van der Waals surface area contributed by atoms with Crippen molar-refractivity contribution in [3.8, 4) is 11.3 Å². The Kier molecular flexibility index (Phi) is 7.16. The van der Waals surface area contributed by atoms with Gasteiger partial charge in [-0.25, -0.2) is 9.79 Å². The third kappa shape index (κ3) is 5.44. The molecule has 3 aromatic rings. The van der Waals surface area contributed by atoms with Crippen LogP contribution in [0.25, 0.3) is 17.4 Å². The van der Waals surface area contributed by atoms with Crippen molar-refractivity contribution in [3.63, 3.8) is 0 Å². The number of rotatable bonds is 5. The van der Waals surface area contributed by atoms with Crippen LogP contribution in [0, 0.1) is 0 Å². The summed E-state index contributed by atoms with van der Waals surface area (Å²) >= 11 is 0.866. The lowest BCUT2D eigenvalue weighted by atomic mass is 10.1. The first kappa shape index (κ1) is 25.1. The van der Waals surface area contributed by atoms with Gasteiger partial charge >= 0.3 is 12.1 Å². The SMILES string of the molecule is CCOC(=O)C1=C(O)/C(=C/c2ccc(-c3cccc(C(F)(F)F)c3)o2)SC1=NC(=O)c1ccccc1. The van der Waals surface area contributed by atoms with Crippen LogP contribution in [0.1, 0.15) is 28.6 Å². The topological polar surface area (TPSA) is 89.1 Å². The van der Waals surface area contributed by atoms with Crippen LogP contribution >= 0.6 is 11.8 Å². The van der Waals surface area contributed by atoms with E-state index in [4.69, 9.17) is 9.15 Å². The number of hydrogen-bond acceptors (Lipinski definition) is 6. The van der Waals surface area contributed by atoms with Crippen molar-refractivity contribution < 1.29 is 37.0 Å². The van der Waals surface area contributed by atoms with E-state index >= 15 is 0 Å². The molecule has 1 aliphatic rings. The second-order valence-electron chi connectivity index (χ2n) is 7.42. The lowest BCUT2D eigenvalue weighted by molar-refractivity contribution is -0.138. The fourth-order valence-electron chi connectivity index (χ4n) is 3.29. The molecule has 10 heteroatoms. The van der Waals surface area contributed by atoms with E-state index in [1.165, 1.54) is 30.3 Å². The molecule has 4 rings (SSSR count). The van der Waals surface area contributed by atoms with Crippen molar-refractivity contribution >= 4 is 34.8 Å². The second kappa shape index (κ2) is 10.3. The zero-order valence-corrected chi connectivity index (χ0v) is 19.5. The van der Waals surface area contributed by atoms with Gasteiger partial charge in [-0.05, 0) is 49.4 Å². The molecule has 1 aromatic heterocycles. The highest BCUT2D eigenvalue weighted by atomic mass is 32.2. The van der Waals surface area contributed by atoms with Gasteiger partial charge in [-0.3, -0.25) is 4.79 Å². The number of hydrogen-bond donors (Lipinski definition) is 1. The van der Waals surface area contributed by atoms with Crippen LogP contribution in [0.5, 0.6) is 0 Å². The smallest absolute Gasteiger partial charge is 0.416 e. The highest BCUT2D eigenvalue weighted by Gasteiger charge is 2.34. The molecule has 0 saturated carbocycles. The molecule has 184 valence electrons. The molecule has 2 aromatic carbocycles. The summed E-state index contributed by atoms with van der Waals surface area (Å²) in [4.78, 5) is 29.2. The van der Waals surface area contributed by atoms with Gasteiger partial charge in [0.2, 0.25) is 0 Å². The molecule has 1 amide bonds. The molecule has 0 radical (unpaired) electrons. The van der Waals surface area contributed by atoms with E-state index < -0.39 is 29.4 Å². The van der Waals surface area contributed by atoms with Crippen molar-refractivity contribution in [2.45, 2.75) is 13.1 Å². The van der Waals surface area contributed by atoms with Crippen LogP contribution in [0.15, 0.2) is 92.4 Å². The third-order valence-electron chi connectivity index (χ3n) is 4.97. The summed E-state index contributed by atoms with van der Waals surface area (Å²) in [7, 11) is 0. The normalized spacial score (nSPS) is 16.1. The minimum Gasteiger partial charge on any atom is -0.506 e. The molecule has 6 nitrogen and oxygen atoms in total. The summed E-state index contributed by atoms with van der Waals surface area (Å²) < 4.78 is 49.8. The predicted octanol–water partition coefficient (Wildman–Crippen LogP) is 6.67. The Labute approximate surface area is 207 Å². The van der Waals surface area contributed by atoms with E-state index in [2.05, 4.69) is 4.99 Å². The summed E-state index contributed by atoms with van der Waals surface area (Å²) in [5.74, 6) is -1.53. The highest BCUT2D eigenvalue weighted by Crippen LogP contribution is 2.40. The molecule has 36 heavy (non-hydrogen) atoms. The Morgan fingerprint density at radius 2 is 1.83 bits per heavy atom. The number of ether oxygens (including phenoxy) is 1. The maximum absolute atomic E-state index is 13.0. The molecule has 2 heterocycles. The monoisotopic (exact) mass is 513 g/mol. The number of carbonyl (C=O) groups is 2. The first-order valence-corrected chi connectivity index (χ1v) is 11.4. The van der Waals surface area contributed by atoms with Crippen LogP contribution in [0.4, 0.5) is 13.2 Å². The van der Waals surface area contributed by atoms with Crippen molar-refractivity contribution in [2.24, 2.45) is 4.99 Å². The quantitative estimate of drug-likeness (QED) is 0.384. The van der Waals surface area contributed by atoms with Crippen LogP contribution in [0.2, 0.25) is 0 Å². The third-order valence-corrected chi connectivity index (χ3v) is 5.99. The predicted molar refractivity (Wildman–Crippen MR) is 129 cm³/mol. The number of esters is 1. The molecular weight excluding hydrogens is 495 g/mol. The number of aliphatic imine (C=N–C) groups is 1. The number of aliphatic hydroxyl groups excluding tert-OH is 1. The van der Waals surface area contributed by atoms with Crippen molar-refractivity contribution in [1.29, 1.82) is 0 Å². The molecule has 0 atom stereocenters. The number of furan rings is 1. The molecule has 0 unspecified atom stereocenters. The molecule has 0 saturated heterocycles. The number of thioether (sulfide) groups is 1. The zero-order chi connectivity index (χ0) is 25.9. The van der Waals surface area contributed by atoms with Crippen LogP contribution in [0.3, 0.4) is 0 Å². The largest absolute Gasteiger partial charge is 0.506 e. The fourth-order valence-corrected chi connectivity index (χ4v) is 4.29. The van der Waals surface area contributed by atoms with Crippen LogP contribution < -0.4 is 0 Å². The van der Waals surface area contributed by atoms with Crippen molar-refractivity contribution in [3.05, 3.63) is 99.9 Å². The Bertz CT molecular complexity index is 1400. The van der Waals surface area contributed by atoms with Gasteiger partial charge in [-0.15, -0.1) is 0 Å². The van der Waals surface area contributed by atoms with Gasteiger partial charge < -0.3 is 14.3 Å². The van der Waals surface area contributed by atoms with Crippen LogP contribution in [-0.4, -0.2) is 28.6 Å². The first-order valence-electron chi connectivity index (χ1n) is 10.6. The van der Waals surface area contributed by atoms with Gasteiger partial charge in [0.1, 0.15) is 27.9 Å². The van der Waals surface area contributed by atoms with Gasteiger partial charge in [-0.2, -0.15) is 13.2 Å². The Morgan fingerprint density at radius 3 is 2.53 bits per heavy atom. The fraction of sp³-hybridized carbons (Fsp3) is 0.115. The molecule has 0 aliphatic carbocycles. The summed E-state index contributed by atoms with van der Waals surface area (Å²) in [5.41, 5.74) is -0.563. The number of aliphatic hydroxyl groups is 1. The average molecular weight is 513 g/mol. The van der Waals surface area contributed by atoms with Crippen LogP contribution in [-0.2, 0) is 15.7 Å². The number of alkyl halides is 3. The number of benzene rings is 2. The number of nitrogens with zero attached hydrogens (tertiary/aromatic N) is 1. The summed E-state index contributed by atoms with van der Waals surface area (Å²) in [6, 6.07) is 15.9. The average Bonchev–Trinajstić information content (AvgIpc) is 3.44. The van der Waals surface area contributed by atoms with Crippen molar-refractivity contribution in [1.82, 2.24) is 0 Å². The van der Waals surface area contributed by atoms with E-state index in [0.29, 0.717) is 5.56 Å². The molecule has 0 spiro atoms. The maximum atomic E-state index is 13.0. The van der Waals surface area contributed by atoms with E-state index in [-0.39, 0.29) is 39.2 Å². The summed E-state index contributed by atoms with van der Waals surface area (Å²) in [6.07, 6.45) is -3.10.